The van der Waals surface area contributed by atoms with Crippen LogP contribution in [0.5, 0.6) is 0 Å². The Hall–Kier alpha value is -1.14. The van der Waals surface area contributed by atoms with E-state index in [0.29, 0.717) is 0 Å². The molecule has 6 nitrogen and oxygen atoms in total. The molecule has 0 heterocycles. The number of rotatable bonds is 3. The van der Waals surface area contributed by atoms with Crippen LogP contribution < -0.4 is 22.5 Å². The lowest BCUT2D eigenvalue weighted by molar-refractivity contribution is -0.133. The third-order valence-corrected chi connectivity index (χ3v) is 1.86. The topological polar surface area (TPSA) is 110 Å². The van der Waals surface area contributed by atoms with Crippen LogP contribution >= 0.6 is 0 Å². The van der Waals surface area contributed by atoms with Crippen molar-refractivity contribution in [1.82, 2.24) is 10.9 Å². The van der Waals surface area contributed by atoms with E-state index in [0.717, 1.165) is 0 Å². The fraction of sp³-hybridized carbons (Fsp3) is 0.667. The van der Waals surface area contributed by atoms with Crippen molar-refractivity contribution in [3.8, 4) is 0 Å². The highest BCUT2D eigenvalue weighted by Crippen LogP contribution is 2.09. The molecule has 0 aromatic rings. The zero-order chi connectivity index (χ0) is 9.72. The minimum absolute atomic E-state index is 0.383. The van der Waals surface area contributed by atoms with Crippen molar-refractivity contribution in [2.75, 3.05) is 0 Å². The molecule has 0 saturated carbocycles. The van der Waals surface area contributed by atoms with E-state index in [-0.39, 0.29) is 11.8 Å². The lowest BCUT2D eigenvalue weighted by Gasteiger charge is -2.15. The second-order valence-electron chi connectivity index (χ2n) is 2.59. The van der Waals surface area contributed by atoms with Crippen LogP contribution in [0.25, 0.3) is 0 Å². The van der Waals surface area contributed by atoms with Gasteiger partial charge in [-0.25, -0.2) is 11.7 Å². The van der Waals surface area contributed by atoms with Crippen molar-refractivity contribution >= 4 is 11.8 Å². The van der Waals surface area contributed by atoms with Crippen LogP contribution in [-0.4, -0.2) is 11.8 Å². The Balaban J connectivity index is 4.18. The van der Waals surface area contributed by atoms with Crippen molar-refractivity contribution in [3.63, 3.8) is 0 Å². The number of nitrogens with one attached hydrogen (secondary N) is 2. The van der Waals surface area contributed by atoms with Crippen molar-refractivity contribution in [2.24, 2.45) is 23.5 Å². The Labute approximate surface area is 70.6 Å². The van der Waals surface area contributed by atoms with Gasteiger partial charge in [-0.1, -0.05) is 13.8 Å². The highest BCUT2D eigenvalue weighted by molar-refractivity contribution is 5.86. The Morgan fingerprint density at radius 1 is 1.00 bits per heavy atom. The Bertz CT molecular complexity index is 162. The van der Waals surface area contributed by atoms with Gasteiger partial charge in [0.1, 0.15) is 0 Å². The third kappa shape index (κ3) is 2.48. The maximum Gasteiger partial charge on any atom is 0.237 e. The summed E-state index contributed by atoms with van der Waals surface area (Å²) in [6.45, 7) is 3.20. The van der Waals surface area contributed by atoms with E-state index in [9.17, 15) is 9.59 Å². The Kier molecular flexibility index (Phi) is 4.24. The second kappa shape index (κ2) is 4.68. The number of carbonyl (C=O) groups excluding carboxylic acids is 2. The molecule has 0 aliphatic heterocycles. The predicted molar refractivity (Wildman–Crippen MR) is 43.0 cm³/mol. The molecule has 0 bridgehead atoms. The number of amides is 2. The van der Waals surface area contributed by atoms with E-state index in [1.54, 1.807) is 13.8 Å². The summed E-state index contributed by atoms with van der Waals surface area (Å²) >= 11 is 0. The molecule has 0 aliphatic carbocycles. The average Bonchev–Trinajstić information content (AvgIpc) is 2.12. The van der Waals surface area contributed by atoms with E-state index in [1.165, 1.54) is 0 Å². The van der Waals surface area contributed by atoms with Crippen LogP contribution in [0.4, 0.5) is 0 Å². The molecule has 12 heavy (non-hydrogen) atoms. The highest BCUT2D eigenvalue weighted by Gasteiger charge is 2.24. The van der Waals surface area contributed by atoms with Crippen LogP contribution in [0.15, 0.2) is 0 Å². The minimum atomic E-state index is -0.487. The fourth-order valence-electron chi connectivity index (χ4n) is 0.717. The Morgan fingerprint density at radius 3 is 1.42 bits per heavy atom. The van der Waals surface area contributed by atoms with Crippen molar-refractivity contribution in [2.45, 2.75) is 13.8 Å². The van der Waals surface area contributed by atoms with Gasteiger partial charge in [-0.15, -0.1) is 0 Å². The maximum absolute atomic E-state index is 10.9. The van der Waals surface area contributed by atoms with E-state index in [4.69, 9.17) is 11.7 Å². The summed E-state index contributed by atoms with van der Waals surface area (Å²) in [7, 11) is 0. The minimum Gasteiger partial charge on any atom is -0.294 e. The zero-order valence-corrected chi connectivity index (χ0v) is 7.13. The molecule has 6 heteroatoms. The van der Waals surface area contributed by atoms with Crippen molar-refractivity contribution < 1.29 is 9.59 Å². The van der Waals surface area contributed by atoms with Gasteiger partial charge in [-0.2, -0.15) is 0 Å². The molecule has 0 aromatic carbocycles. The van der Waals surface area contributed by atoms with Gasteiger partial charge < -0.3 is 0 Å². The van der Waals surface area contributed by atoms with Gasteiger partial charge >= 0.3 is 0 Å². The molecule has 70 valence electrons. The average molecular weight is 174 g/mol. The van der Waals surface area contributed by atoms with Crippen molar-refractivity contribution in [1.29, 1.82) is 0 Å². The molecule has 0 fully saturated rings. The van der Waals surface area contributed by atoms with E-state index >= 15 is 0 Å². The number of nitrogens with two attached hydrogens (primary N) is 2. The molecule has 0 aliphatic rings. The summed E-state index contributed by atoms with van der Waals surface area (Å²) < 4.78 is 0. The van der Waals surface area contributed by atoms with E-state index in [1.807, 2.05) is 10.9 Å². The summed E-state index contributed by atoms with van der Waals surface area (Å²) in [4.78, 5) is 21.8. The van der Waals surface area contributed by atoms with Gasteiger partial charge in [-0.05, 0) is 0 Å². The highest BCUT2D eigenvalue weighted by atomic mass is 16.2. The summed E-state index contributed by atoms with van der Waals surface area (Å²) in [5.74, 6) is 8.04. The summed E-state index contributed by atoms with van der Waals surface area (Å²) in [5, 5.41) is 0. The second-order valence-corrected chi connectivity index (χ2v) is 2.59. The molecule has 0 saturated heterocycles. The van der Waals surface area contributed by atoms with Crippen molar-refractivity contribution in [3.05, 3.63) is 0 Å². The van der Waals surface area contributed by atoms with Gasteiger partial charge in [0.25, 0.3) is 0 Å². The van der Waals surface area contributed by atoms with Crippen LogP contribution in [0, 0.1) is 11.8 Å². The monoisotopic (exact) mass is 174 g/mol. The smallest absolute Gasteiger partial charge is 0.237 e. The zero-order valence-electron chi connectivity index (χ0n) is 7.13. The summed E-state index contributed by atoms with van der Waals surface area (Å²) in [5.41, 5.74) is 3.93. The van der Waals surface area contributed by atoms with Crippen LogP contribution in [0.1, 0.15) is 13.8 Å². The molecule has 2 unspecified atom stereocenters. The number of carbonyl (C=O) groups is 2. The van der Waals surface area contributed by atoms with E-state index in [2.05, 4.69) is 0 Å². The first-order chi connectivity index (χ1) is 5.54. The lowest BCUT2D eigenvalue weighted by Crippen LogP contribution is -2.43. The third-order valence-electron chi connectivity index (χ3n) is 1.86. The molecule has 0 radical (unpaired) electrons. The van der Waals surface area contributed by atoms with E-state index < -0.39 is 11.8 Å². The quantitative estimate of drug-likeness (QED) is 0.231. The lowest BCUT2D eigenvalue weighted by atomic mass is 9.95. The van der Waals surface area contributed by atoms with Crippen LogP contribution in [0.2, 0.25) is 0 Å². The molecule has 0 aromatic heterocycles. The first kappa shape index (κ1) is 10.9. The normalized spacial score (nSPS) is 14.7. The van der Waals surface area contributed by atoms with Gasteiger partial charge in [0.2, 0.25) is 11.8 Å². The predicted octanol–water partition coefficient (Wildman–Crippen LogP) is -1.76. The number of hydrogen-bond donors (Lipinski definition) is 4. The van der Waals surface area contributed by atoms with Gasteiger partial charge in [0, 0.05) is 11.8 Å². The molecular weight excluding hydrogens is 160 g/mol. The van der Waals surface area contributed by atoms with Gasteiger partial charge in [0.15, 0.2) is 0 Å². The molecule has 0 rings (SSSR count). The molecule has 2 atom stereocenters. The maximum atomic E-state index is 10.9. The van der Waals surface area contributed by atoms with Crippen LogP contribution in [-0.2, 0) is 9.59 Å². The standard InChI is InChI=1S/C6H14N4O2/c1-3(5(11)9-7)4(2)6(12)10-8/h3-4H,7-8H2,1-2H3,(H,9,11)(H,10,12). The first-order valence-corrected chi connectivity index (χ1v) is 3.55. The summed E-state index contributed by atoms with van der Waals surface area (Å²) in [6, 6.07) is 0. The summed E-state index contributed by atoms with van der Waals surface area (Å²) in [6.07, 6.45) is 0. The molecule has 0 spiro atoms. The Morgan fingerprint density at radius 2 is 1.25 bits per heavy atom. The fourth-order valence-corrected chi connectivity index (χ4v) is 0.717. The largest absolute Gasteiger partial charge is 0.294 e. The molecule has 2 amide bonds. The number of hydrazine groups is 2. The van der Waals surface area contributed by atoms with Gasteiger partial charge in [-0.3, -0.25) is 20.4 Å². The first-order valence-electron chi connectivity index (χ1n) is 3.55. The van der Waals surface area contributed by atoms with Crippen LogP contribution in [0.3, 0.4) is 0 Å². The number of hydrogen-bond acceptors (Lipinski definition) is 4. The van der Waals surface area contributed by atoms with Gasteiger partial charge in [0.05, 0.1) is 0 Å². The SMILES string of the molecule is CC(C(=O)NN)C(C)C(=O)NN. The molecular formula is C6H14N4O2. The molecule has 6 N–H and O–H groups in total.